The van der Waals surface area contributed by atoms with Crippen LogP contribution in [0.25, 0.3) is 0 Å². The molecule has 2 aliphatic heterocycles. The van der Waals surface area contributed by atoms with E-state index < -0.39 is 12.0 Å². The molecule has 3 unspecified atom stereocenters. The molecule has 1 aromatic rings. The van der Waals surface area contributed by atoms with Crippen molar-refractivity contribution in [1.29, 1.82) is 0 Å². The summed E-state index contributed by atoms with van der Waals surface area (Å²) in [5, 5.41) is 19.2. The lowest BCUT2D eigenvalue weighted by Crippen LogP contribution is -2.51. The van der Waals surface area contributed by atoms with Crippen molar-refractivity contribution in [3.63, 3.8) is 0 Å². The maximum absolute atomic E-state index is 12.5. The predicted octanol–water partition coefficient (Wildman–Crippen LogP) is 2.10. The quantitative estimate of drug-likeness (QED) is 0.475. The summed E-state index contributed by atoms with van der Waals surface area (Å²) in [4.78, 5) is 36.8. The molecule has 9 nitrogen and oxygen atoms in total. The summed E-state index contributed by atoms with van der Waals surface area (Å²) in [7, 11) is 0. The largest absolute Gasteiger partial charge is 0.478 e. The molecule has 4 N–H and O–H groups in total. The maximum atomic E-state index is 12.5. The molecule has 1 saturated heterocycles. The minimum atomic E-state index is -0.981. The van der Waals surface area contributed by atoms with Crippen molar-refractivity contribution in [2.45, 2.75) is 71.4 Å². The van der Waals surface area contributed by atoms with Gasteiger partial charge in [0.2, 0.25) is 11.8 Å². The molecule has 0 spiro atoms. The number of nitrogens with one attached hydrogen (secondary N) is 3. The van der Waals surface area contributed by atoms with Crippen LogP contribution in [0.5, 0.6) is 0 Å². The van der Waals surface area contributed by atoms with Gasteiger partial charge in [-0.05, 0) is 30.7 Å². The van der Waals surface area contributed by atoms with Crippen LogP contribution in [0.1, 0.15) is 60.8 Å². The minimum Gasteiger partial charge on any atom is -0.478 e. The average Bonchev–Trinajstić information content (AvgIpc) is 3.07. The van der Waals surface area contributed by atoms with E-state index >= 15 is 0 Å². The van der Waals surface area contributed by atoms with Gasteiger partial charge in [0, 0.05) is 31.4 Å². The summed E-state index contributed by atoms with van der Waals surface area (Å²) in [6.45, 7) is 6.31. The Balaban J connectivity index is 1.66. The van der Waals surface area contributed by atoms with Gasteiger partial charge in [-0.1, -0.05) is 13.8 Å². The third-order valence-corrected chi connectivity index (χ3v) is 6.61. The van der Waals surface area contributed by atoms with Crippen LogP contribution in [0, 0.1) is 5.92 Å². The molecule has 0 saturated carbocycles. The Labute approximate surface area is 185 Å². The number of ether oxygens (including phenoxy) is 2. The Morgan fingerprint density at radius 1 is 1.23 bits per heavy atom. The first-order chi connectivity index (χ1) is 14.8. The van der Waals surface area contributed by atoms with Crippen LogP contribution in [0.2, 0.25) is 0 Å². The van der Waals surface area contributed by atoms with Gasteiger partial charge < -0.3 is 30.5 Å². The first-order valence-corrected chi connectivity index (χ1v) is 11.5. The molecule has 0 aliphatic carbocycles. The van der Waals surface area contributed by atoms with E-state index in [0.717, 1.165) is 29.7 Å². The van der Waals surface area contributed by atoms with E-state index in [1.54, 1.807) is 0 Å². The van der Waals surface area contributed by atoms with Gasteiger partial charge in [0.25, 0.3) is 0 Å². The number of carboxylic acids is 1. The Kier molecular flexibility index (Phi) is 7.90. The van der Waals surface area contributed by atoms with Gasteiger partial charge in [0.1, 0.15) is 17.3 Å². The van der Waals surface area contributed by atoms with E-state index in [9.17, 15) is 19.5 Å². The first-order valence-electron chi connectivity index (χ1n) is 10.7. The second-order valence-electron chi connectivity index (χ2n) is 8.32. The van der Waals surface area contributed by atoms with Gasteiger partial charge in [-0.25, -0.2) is 4.79 Å². The summed E-state index contributed by atoms with van der Waals surface area (Å²) < 4.78 is 11.6. The normalized spacial score (nSPS) is 21.8. The number of anilines is 1. The number of thiophene rings is 1. The fourth-order valence-electron chi connectivity index (χ4n) is 3.86. The van der Waals surface area contributed by atoms with E-state index in [-0.39, 0.29) is 42.2 Å². The molecular formula is C21H31N3O6S. The van der Waals surface area contributed by atoms with Crippen molar-refractivity contribution in [3.05, 3.63) is 16.0 Å². The minimum absolute atomic E-state index is 0.0612. The summed E-state index contributed by atoms with van der Waals surface area (Å²) >= 11 is 1.39. The highest BCUT2D eigenvalue weighted by molar-refractivity contribution is 7.16. The second kappa shape index (κ2) is 10.4. The van der Waals surface area contributed by atoms with Crippen molar-refractivity contribution >= 4 is 34.1 Å². The fourth-order valence-corrected chi connectivity index (χ4v) is 5.05. The lowest BCUT2D eigenvalue weighted by Gasteiger charge is -2.26. The molecular weight excluding hydrogens is 422 g/mol. The van der Waals surface area contributed by atoms with Crippen molar-refractivity contribution < 1.29 is 29.0 Å². The molecule has 172 valence electrons. The van der Waals surface area contributed by atoms with E-state index in [1.807, 2.05) is 13.8 Å². The molecule has 0 bridgehead atoms. The Morgan fingerprint density at radius 3 is 2.61 bits per heavy atom. The maximum Gasteiger partial charge on any atom is 0.338 e. The molecule has 0 radical (unpaired) electrons. The number of carbonyl (C=O) groups excluding carboxylic acids is 2. The summed E-state index contributed by atoms with van der Waals surface area (Å²) in [6.07, 6.45) is 2.79. The van der Waals surface area contributed by atoms with Gasteiger partial charge in [-0.2, -0.15) is 0 Å². The number of rotatable bonds is 8. The highest BCUT2D eigenvalue weighted by Gasteiger charge is 2.31. The molecule has 1 fully saturated rings. The monoisotopic (exact) mass is 453 g/mol. The molecule has 3 heterocycles. The van der Waals surface area contributed by atoms with Gasteiger partial charge >= 0.3 is 5.97 Å². The summed E-state index contributed by atoms with van der Waals surface area (Å²) in [6, 6.07) is -0.626. The van der Waals surface area contributed by atoms with Crippen molar-refractivity contribution in [2.24, 2.45) is 5.92 Å². The summed E-state index contributed by atoms with van der Waals surface area (Å²) in [5.74, 6) is -1.58. The predicted molar refractivity (Wildman–Crippen MR) is 116 cm³/mol. The van der Waals surface area contributed by atoms with E-state index in [4.69, 9.17) is 9.47 Å². The van der Waals surface area contributed by atoms with Crippen LogP contribution < -0.4 is 16.0 Å². The van der Waals surface area contributed by atoms with E-state index in [2.05, 4.69) is 16.0 Å². The number of aromatic carboxylic acids is 1. The number of fused-ring (bicyclic) bond motifs is 1. The third kappa shape index (κ3) is 5.96. The Bertz CT molecular complexity index is 818. The van der Waals surface area contributed by atoms with Crippen LogP contribution in [0.3, 0.4) is 0 Å². The second-order valence-corrected chi connectivity index (χ2v) is 9.42. The van der Waals surface area contributed by atoms with Crippen LogP contribution in [0.4, 0.5) is 5.00 Å². The summed E-state index contributed by atoms with van der Waals surface area (Å²) in [5.41, 5.74) is 1.02. The third-order valence-electron chi connectivity index (χ3n) is 5.47. The SMILES string of the molecule is CC(=O)NC(C(=O)NCC1Cc2c(sc(NC3CCCCO3)c2C(=O)O)CO1)C(C)C. The molecule has 10 heteroatoms. The highest BCUT2D eigenvalue weighted by atomic mass is 32.1. The van der Waals surface area contributed by atoms with Crippen LogP contribution in [-0.4, -0.2) is 54.4 Å². The molecule has 3 atom stereocenters. The Morgan fingerprint density at radius 2 is 2.00 bits per heavy atom. The zero-order chi connectivity index (χ0) is 22.5. The van der Waals surface area contributed by atoms with Gasteiger partial charge in [-0.15, -0.1) is 11.3 Å². The zero-order valence-corrected chi connectivity index (χ0v) is 19.0. The molecule has 0 aromatic carbocycles. The van der Waals surface area contributed by atoms with Gasteiger partial charge in [-0.3, -0.25) is 9.59 Å². The smallest absolute Gasteiger partial charge is 0.338 e. The molecule has 3 rings (SSSR count). The lowest BCUT2D eigenvalue weighted by molar-refractivity contribution is -0.129. The fraction of sp³-hybridized carbons (Fsp3) is 0.667. The van der Waals surface area contributed by atoms with Crippen molar-refractivity contribution in [1.82, 2.24) is 10.6 Å². The highest BCUT2D eigenvalue weighted by Crippen LogP contribution is 2.38. The number of amides is 2. The lowest BCUT2D eigenvalue weighted by atomic mass is 10.00. The number of hydrogen-bond donors (Lipinski definition) is 4. The standard InChI is InChI=1S/C21H31N3O6S/c1-11(2)18(23-12(3)25)19(26)22-9-13-8-14-15(10-30-13)31-20(17(14)21(27)28)24-16-6-4-5-7-29-16/h11,13,16,18,24H,4-10H2,1-3H3,(H,22,26)(H,23,25)(H,27,28). The number of hydrogen-bond acceptors (Lipinski definition) is 7. The number of carboxylic acid groups (broad SMARTS) is 1. The van der Waals surface area contributed by atoms with Crippen molar-refractivity contribution in [3.8, 4) is 0 Å². The number of carbonyl (C=O) groups is 3. The first kappa shape index (κ1) is 23.5. The van der Waals surface area contributed by atoms with Crippen LogP contribution >= 0.6 is 11.3 Å². The molecule has 2 amide bonds. The van der Waals surface area contributed by atoms with Crippen LogP contribution in [-0.2, 0) is 32.1 Å². The molecule has 2 aliphatic rings. The van der Waals surface area contributed by atoms with Crippen LogP contribution in [0.15, 0.2) is 0 Å². The van der Waals surface area contributed by atoms with Gasteiger partial charge in [0.05, 0.1) is 18.3 Å². The topological polar surface area (TPSA) is 126 Å². The van der Waals surface area contributed by atoms with Gasteiger partial charge in [0.15, 0.2) is 0 Å². The van der Waals surface area contributed by atoms with Crippen molar-refractivity contribution in [2.75, 3.05) is 18.5 Å². The zero-order valence-electron chi connectivity index (χ0n) is 18.2. The average molecular weight is 454 g/mol. The van der Waals surface area contributed by atoms with E-state index in [0.29, 0.717) is 24.6 Å². The Hall–Kier alpha value is -2.17. The molecule has 1 aromatic heterocycles. The van der Waals surface area contributed by atoms with E-state index in [1.165, 1.54) is 18.3 Å². The molecule has 31 heavy (non-hydrogen) atoms.